The first-order valence-electron chi connectivity index (χ1n) is 10.3. The van der Waals surface area contributed by atoms with Crippen LogP contribution in [-0.4, -0.2) is 15.2 Å². The summed E-state index contributed by atoms with van der Waals surface area (Å²) < 4.78 is 5.84. The molecule has 0 fully saturated rings. The predicted octanol–water partition coefficient (Wildman–Crippen LogP) is 8.00. The highest BCUT2D eigenvalue weighted by Crippen LogP contribution is 2.26. The van der Waals surface area contributed by atoms with Gasteiger partial charge in [-0.05, 0) is 37.1 Å². The van der Waals surface area contributed by atoms with Crippen molar-refractivity contribution in [1.29, 1.82) is 0 Å². The molecule has 2 aromatic carbocycles. The molecule has 2 aromatic rings. The molecular formula is C24H36AlO. The minimum absolute atomic E-state index is 0.811. The monoisotopic (exact) mass is 367 g/mol. The summed E-state index contributed by atoms with van der Waals surface area (Å²) in [5.41, 5.74) is 2.31. The minimum atomic E-state index is 0.811. The molecule has 2 heteroatoms. The Kier molecular flexibility index (Phi) is 13.1. The maximum Gasteiger partial charge on any atom is 0.199 e. The molecule has 26 heavy (non-hydrogen) atoms. The van der Waals surface area contributed by atoms with Crippen LogP contribution in [0.25, 0.3) is 0 Å². The van der Waals surface area contributed by atoms with Gasteiger partial charge in [0.15, 0.2) is 15.2 Å². The van der Waals surface area contributed by atoms with Crippen LogP contribution < -0.4 is 4.74 Å². The number of hydrogen-bond acceptors (Lipinski definition) is 1. The van der Waals surface area contributed by atoms with Gasteiger partial charge in [0, 0.05) is 0 Å². The van der Waals surface area contributed by atoms with Crippen molar-refractivity contribution in [3.63, 3.8) is 0 Å². The lowest BCUT2D eigenvalue weighted by atomic mass is 10.2. The predicted molar refractivity (Wildman–Crippen MR) is 117 cm³/mol. The van der Waals surface area contributed by atoms with Gasteiger partial charge in [-0.2, -0.15) is 0 Å². The quantitative estimate of drug-likeness (QED) is 0.305. The zero-order valence-electron chi connectivity index (χ0n) is 17.3. The van der Waals surface area contributed by atoms with Crippen LogP contribution in [0.2, 0.25) is 10.6 Å². The molecule has 0 unspecified atom stereocenters. The molecule has 141 valence electrons. The van der Waals surface area contributed by atoms with Crippen molar-refractivity contribution in [2.75, 3.05) is 0 Å². The van der Waals surface area contributed by atoms with E-state index in [1.165, 1.54) is 38.5 Å². The van der Waals surface area contributed by atoms with Crippen LogP contribution in [0.5, 0.6) is 11.5 Å². The normalized spacial score (nSPS) is 10.0. The maximum absolute atomic E-state index is 5.84. The van der Waals surface area contributed by atoms with Gasteiger partial charge in [0.2, 0.25) is 0 Å². The Morgan fingerprint density at radius 3 is 1.46 bits per heavy atom. The number of hydrogen-bond donors (Lipinski definition) is 0. The molecule has 0 aliphatic carbocycles. The molecule has 0 heterocycles. The molecule has 0 N–H and O–H groups in total. The van der Waals surface area contributed by atoms with Gasteiger partial charge in [0.25, 0.3) is 0 Å². The summed E-state index contributed by atoms with van der Waals surface area (Å²) >= 11 is 0.811. The number of benzene rings is 2. The summed E-state index contributed by atoms with van der Waals surface area (Å²) in [6.45, 7) is 8.67. The van der Waals surface area contributed by atoms with Gasteiger partial charge in [0.1, 0.15) is 11.5 Å². The fourth-order valence-electron chi connectivity index (χ4n) is 2.68. The van der Waals surface area contributed by atoms with Crippen LogP contribution in [0.1, 0.15) is 63.5 Å². The van der Waals surface area contributed by atoms with Gasteiger partial charge in [-0.25, -0.2) is 0 Å². The van der Waals surface area contributed by atoms with E-state index in [0.29, 0.717) is 0 Å². The van der Waals surface area contributed by atoms with E-state index in [1.807, 2.05) is 62.4 Å². The summed E-state index contributed by atoms with van der Waals surface area (Å²) in [6.07, 6.45) is 8.68. The van der Waals surface area contributed by atoms with E-state index in [2.05, 4.69) is 13.8 Å². The van der Waals surface area contributed by atoms with E-state index in [1.54, 1.807) is 10.6 Å². The zero-order chi connectivity index (χ0) is 19.0. The molecule has 1 radical (unpaired) electrons. The summed E-state index contributed by atoms with van der Waals surface area (Å²) in [4.78, 5) is 0. The third-order valence-electron chi connectivity index (χ3n) is 4.43. The van der Waals surface area contributed by atoms with Crippen molar-refractivity contribution in [2.45, 2.75) is 76.8 Å². The lowest BCUT2D eigenvalue weighted by molar-refractivity contribution is 0.475. The first-order chi connectivity index (χ1) is 12.7. The number of aryl methyl sites for hydroxylation is 2. The minimum Gasteiger partial charge on any atom is -0.457 e. The lowest BCUT2D eigenvalue weighted by Gasteiger charge is -2.10. The van der Waals surface area contributed by atoms with Crippen molar-refractivity contribution >= 4 is 15.2 Å². The third kappa shape index (κ3) is 10.1. The van der Waals surface area contributed by atoms with Gasteiger partial charge < -0.3 is 4.74 Å². The van der Waals surface area contributed by atoms with Gasteiger partial charge in [-0.1, -0.05) is 88.8 Å². The molecule has 0 saturated carbocycles. The summed E-state index contributed by atoms with van der Waals surface area (Å²) in [6, 6.07) is 16.1. The van der Waals surface area contributed by atoms with Gasteiger partial charge in [0.05, 0.1) is 0 Å². The molecule has 0 saturated heterocycles. The first-order valence-corrected chi connectivity index (χ1v) is 11.9. The highest BCUT2D eigenvalue weighted by atomic mass is 27.1. The van der Waals surface area contributed by atoms with E-state index < -0.39 is 0 Å². The van der Waals surface area contributed by atoms with Crippen LogP contribution in [0, 0.1) is 13.8 Å². The fourth-order valence-corrected chi connectivity index (χ4v) is 4.13. The molecule has 0 aliphatic heterocycles. The van der Waals surface area contributed by atoms with Crippen LogP contribution in [0.4, 0.5) is 0 Å². The zero-order valence-corrected chi connectivity index (χ0v) is 18.4. The number of unbranched alkanes of at least 4 members (excludes halogenated alkanes) is 4. The standard InChI is InChI=1S/C14H14O.2C5H11.Al/c1-11-7-3-5-9-13(11)15-14-10-6-4-8-12(14)2;2*1-3-5-4-2;/h3-10H,1-2H3;2*1,3-5H2,2H3;. The molecular weight excluding hydrogens is 331 g/mol. The van der Waals surface area contributed by atoms with Crippen LogP contribution in [0.3, 0.4) is 0 Å². The Bertz CT molecular complexity index is 543. The Labute approximate surface area is 167 Å². The summed E-state index contributed by atoms with van der Waals surface area (Å²) in [7, 11) is 0. The number of ether oxygens (including phenoxy) is 1. The average molecular weight is 368 g/mol. The van der Waals surface area contributed by atoms with Crippen molar-refractivity contribution in [3.05, 3.63) is 59.7 Å². The van der Waals surface area contributed by atoms with Crippen LogP contribution in [-0.2, 0) is 0 Å². The topological polar surface area (TPSA) is 9.23 Å². The molecule has 1 nitrogen and oxygen atoms in total. The van der Waals surface area contributed by atoms with Crippen molar-refractivity contribution in [3.8, 4) is 11.5 Å². The number of para-hydroxylation sites is 2. The molecule has 2 rings (SSSR count). The largest absolute Gasteiger partial charge is 0.457 e. The second-order valence-corrected chi connectivity index (χ2v) is 8.65. The smallest absolute Gasteiger partial charge is 0.199 e. The van der Waals surface area contributed by atoms with E-state index in [-0.39, 0.29) is 0 Å². The Morgan fingerprint density at radius 2 is 1.08 bits per heavy atom. The maximum atomic E-state index is 5.84. The molecule has 0 aliphatic rings. The molecule has 0 spiro atoms. The van der Waals surface area contributed by atoms with Crippen LogP contribution in [0.15, 0.2) is 48.5 Å². The average Bonchev–Trinajstić information content (AvgIpc) is 2.65. The summed E-state index contributed by atoms with van der Waals surface area (Å²) in [5.74, 6) is 1.85. The highest BCUT2D eigenvalue weighted by molar-refractivity contribution is 6.35. The molecule has 0 bridgehead atoms. The molecule has 0 atom stereocenters. The van der Waals surface area contributed by atoms with E-state index in [0.717, 1.165) is 37.8 Å². The van der Waals surface area contributed by atoms with E-state index in [4.69, 9.17) is 4.74 Å². The number of rotatable bonds is 10. The third-order valence-corrected chi connectivity index (χ3v) is 6.06. The van der Waals surface area contributed by atoms with Crippen molar-refractivity contribution in [2.24, 2.45) is 0 Å². The van der Waals surface area contributed by atoms with E-state index in [9.17, 15) is 0 Å². The van der Waals surface area contributed by atoms with Crippen molar-refractivity contribution in [1.82, 2.24) is 0 Å². The fraction of sp³-hybridized carbons (Fsp3) is 0.500. The second kappa shape index (κ2) is 14.9. The first kappa shape index (κ1) is 22.8. The summed E-state index contributed by atoms with van der Waals surface area (Å²) in [5, 5.41) is 3.11. The van der Waals surface area contributed by atoms with Gasteiger partial charge >= 0.3 is 0 Å². The lowest BCUT2D eigenvalue weighted by Crippen LogP contribution is -1.88. The van der Waals surface area contributed by atoms with Crippen molar-refractivity contribution < 1.29 is 4.74 Å². The van der Waals surface area contributed by atoms with Gasteiger partial charge in [-0.3, -0.25) is 0 Å². The molecule has 0 amide bonds. The van der Waals surface area contributed by atoms with E-state index >= 15 is 0 Å². The SMILES string of the molecule is CCCC[CH2][Al][CH2]CCCC.Cc1ccccc1Oc1ccccc1C. The Balaban J connectivity index is 0.000000276. The molecule has 0 aromatic heterocycles. The Hall–Kier alpha value is -1.23. The van der Waals surface area contributed by atoms with Crippen LogP contribution >= 0.6 is 0 Å². The highest BCUT2D eigenvalue weighted by Gasteiger charge is 2.01. The van der Waals surface area contributed by atoms with Gasteiger partial charge in [-0.15, -0.1) is 10.6 Å². The second-order valence-electron chi connectivity index (χ2n) is 6.91. The Morgan fingerprint density at radius 1 is 0.654 bits per heavy atom.